The lowest BCUT2D eigenvalue weighted by Crippen LogP contribution is -2.49. The lowest BCUT2D eigenvalue weighted by atomic mass is 10.0. The molecule has 4 heterocycles. The van der Waals surface area contributed by atoms with Crippen LogP contribution in [0.2, 0.25) is 0 Å². The number of ether oxygens (including phenoxy) is 1. The number of pyridine rings is 1. The van der Waals surface area contributed by atoms with Gasteiger partial charge in [0.2, 0.25) is 0 Å². The summed E-state index contributed by atoms with van der Waals surface area (Å²) in [5, 5.41) is 13.0. The number of aromatic nitrogens is 5. The van der Waals surface area contributed by atoms with Crippen molar-refractivity contribution >= 4 is 11.4 Å². The predicted octanol–water partition coefficient (Wildman–Crippen LogP) is 2.27. The number of amides is 1. The second kappa shape index (κ2) is 8.08. The van der Waals surface area contributed by atoms with Crippen LogP contribution < -0.4 is 4.74 Å². The summed E-state index contributed by atoms with van der Waals surface area (Å²) in [6.45, 7) is 1.96. The van der Waals surface area contributed by atoms with Gasteiger partial charge in [0.1, 0.15) is 17.1 Å². The summed E-state index contributed by atoms with van der Waals surface area (Å²) in [7, 11) is 5.51. The first-order valence-corrected chi connectivity index (χ1v) is 10.5. The molecule has 1 aromatic carbocycles. The number of aryl methyl sites for hydroxylation is 1. The van der Waals surface area contributed by atoms with Gasteiger partial charge in [-0.1, -0.05) is 29.5 Å². The molecule has 1 aliphatic rings. The highest BCUT2D eigenvalue weighted by Crippen LogP contribution is 2.31. The number of piperazine rings is 1. The second-order valence-corrected chi connectivity index (χ2v) is 8.01. The fourth-order valence-corrected chi connectivity index (χ4v) is 4.29. The number of carbonyl (C=O) groups excluding carboxylic acids is 1. The maximum Gasteiger partial charge on any atom is 0.272 e. The van der Waals surface area contributed by atoms with Crippen molar-refractivity contribution in [1.82, 2.24) is 34.4 Å². The summed E-state index contributed by atoms with van der Waals surface area (Å²) in [5.41, 5.74) is 4.37. The number of methoxy groups -OCH3 is 1. The third-order valence-corrected chi connectivity index (χ3v) is 6.15. The molecule has 1 aliphatic heterocycles. The molecule has 1 unspecified atom stereocenters. The number of nitrogens with zero attached hydrogens (tertiary/aromatic N) is 7. The van der Waals surface area contributed by atoms with Crippen LogP contribution in [0, 0.1) is 0 Å². The zero-order valence-corrected chi connectivity index (χ0v) is 18.3. The van der Waals surface area contributed by atoms with Crippen molar-refractivity contribution in [2.45, 2.75) is 6.04 Å². The summed E-state index contributed by atoms with van der Waals surface area (Å²) in [6, 6.07) is 13.7. The van der Waals surface area contributed by atoms with Crippen molar-refractivity contribution < 1.29 is 9.53 Å². The minimum Gasteiger partial charge on any atom is -0.496 e. The van der Waals surface area contributed by atoms with E-state index in [0.29, 0.717) is 18.8 Å². The first-order chi connectivity index (χ1) is 15.6. The smallest absolute Gasteiger partial charge is 0.272 e. The Balaban J connectivity index is 1.46. The number of hydrogen-bond donors (Lipinski definition) is 0. The van der Waals surface area contributed by atoms with E-state index in [0.717, 1.165) is 34.6 Å². The Morgan fingerprint density at radius 3 is 2.72 bits per heavy atom. The van der Waals surface area contributed by atoms with E-state index in [1.807, 2.05) is 41.4 Å². The Morgan fingerprint density at radius 2 is 1.94 bits per heavy atom. The molecule has 0 bridgehead atoms. The number of fused-ring (bicyclic) bond motifs is 1. The fraction of sp³-hybridized carbons (Fsp3) is 0.304. The Hall–Kier alpha value is -3.72. The van der Waals surface area contributed by atoms with E-state index in [-0.39, 0.29) is 11.9 Å². The SMILES string of the molecule is COc1ccccc1-c1ccc2c(C3CN(C(=O)c4ccnn4C)CCN3C)nnn2c1. The zero-order chi connectivity index (χ0) is 22.2. The molecule has 5 rings (SSSR count). The third kappa shape index (κ3) is 3.40. The van der Waals surface area contributed by atoms with E-state index in [1.165, 1.54) is 0 Å². The highest BCUT2D eigenvalue weighted by molar-refractivity contribution is 5.92. The number of carbonyl (C=O) groups is 1. The topological polar surface area (TPSA) is 80.8 Å². The molecule has 9 nitrogen and oxygen atoms in total. The highest BCUT2D eigenvalue weighted by atomic mass is 16.5. The van der Waals surface area contributed by atoms with Crippen molar-refractivity contribution in [3.05, 3.63) is 66.2 Å². The lowest BCUT2D eigenvalue weighted by molar-refractivity contribution is 0.0531. The van der Waals surface area contributed by atoms with E-state index in [4.69, 9.17) is 4.74 Å². The summed E-state index contributed by atoms with van der Waals surface area (Å²) in [5.74, 6) is 0.793. The van der Waals surface area contributed by atoms with Gasteiger partial charge in [0, 0.05) is 50.2 Å². The van der Waals surface area contributed by atoms with E-state index >= 15 is 0 Å². The molecule has 164 valence electrons. The van der Waals surface area contributed by atoms with Crippen LogP contribution in [-0.4, -0.2) is 74.1 Å². The molecule has 0 N–H and O–H groups in total. The molecule has 4 aromatic rings. The third-order valence-electron chi connectivity index (χ3n) is 6.15. The molecule has 1 fully saturated rings. The summed E-state index contributed by atoms with van der Waals surface area (Å²) in [4.78, 5) is 17.1. The van der Waals surface area contributed by atoms with E-state index < -0.39 is 0 Å². The first kappa shape index (κ1) is 20.2. The summed E-state index contributed by atoms with van der Waals surface area (Å²) < 4.78 is 8.92. The molecule has 0 aliphatic carbocycles. The van der Waals surface area contributed by atoms with E-state index in [9.17, 15) is 4.79 Å². The van der Waals surface area contributed by atoms with Crippen molar-refractivity contribution in [3.63, 3.8) is 0 Å². The number of benzene rings is 1. The standard InChI is InChI=1S/C23H25N7O2/c1-27-12-13-29(23(31)19-10-11-24-28(19)2)15-20(27)22-18-9-8-16(14-30(18)26-25-22)17-6-4-5-7-21(17)32-3/h4-11,14,20H,12-13,15H2,1-3H3. The monoisotopic (exact) mass is 431 g/mol. The lowest BCUT2D eigenvalue weighted by Gasteiger charge is -2.38. The summed E-state index contributed by atoms with van der Waals surface area (Å²) >= 11 is 0. The number of rotatable bonds is 4. The van der Waals surface area contributed by atoms with Crippen LogP contribution in [0.1, 0.15) is 22.2 Å². The minimum atomic E-state index is -0.0458. The molecule has 0 saturated carbocycles. The molecule has 1 atom stereocenters. The van der Waals surface area contributed by atoms with Crippen molar-refractivity contribution in [2.24, 2.45) is 7.05 Å². The van der Waals surface area contributed by atoms with E-state index in [2.05, 4.69) is 33.4 Å². The van der Waals surface area contributed by atoms with E-state index in [1.54, 1.807) is 35.6 Å². The Labute approximate surface area is 185 Å². The van der Waals surface area contributed by atoms with Crippen LogP contribution in [-0.2, 0) is 7.05 Å². The first-order valence-electron chi connectivity index (χ1n) is 10.5. The minimum absolute atomic E-state index is 0.0157. The van der Waals surface area contributed by atoms with Gasteiger partial charge in [0.25, 0.3) is 5.91 Å². The zero-order valence-electron chi connectivity index (χ0n) is 18.3. The van der Waals surface area contributed by atoms with Gasteiger partial charge in [-0.3, -0.25) is 14.4 Å². The van der Waals surface area contributed by atoms with Gasteiger partial charge in [-0.15, -0.1) is 5.10 Å². The molecule has 1 amide bonds. The maximum absolute atomic E-state index is 13.0. The van der Waals surface area contributed by atoms with Gasteiger partial charge in [0.15, 0.2) is 0 Å². The number of likely N-dealkylation sites (N-methyl/N-ethyl adjacent to an activating group) is 1. The van der Waals surface area contributed by atoms with Gasteiger partial charge in [-0.25, -0.2) is 4.52 Å². The predicted molar refractivity (Wildman–Crippen MR) is 119 cm³/mol. The molecular formula is C23H25N7O2. The molecule has 9 heteroatoms. The maximum atomic E-state index is 13.0. The largest absolute Gasteiger partial charge is 0.496 e. The average molecular weight is 432 g/mol. The molecule has 0 radical (unpaired) electrons. The molecule has 32 heavy (non-hydrogen) atoms. The van der Waals surface area contributed by atoms with Gasteiger partial charge >= 0.3 is 0 Å². The number of para-hydroxylation sites is 1. The fourth-order valence-electron chi connectivity index (χ4n) is 4.29. The van der Waals surface area contributed by atoms with Gasteiger partial charge in [-0.2, -0.15) is 5.10 Å². The van der Waals surface area contributed by atoms with Gasteiger partial charge in [0.05, 0.1) is 18.7 Å². The average Bonchev–Trinajstić information content (AvgIpc) is 3.44. The van der Waals surface area contributed by atoms with Crippen LogP contribution in [0.25, 0.3) is 16.6 Å². The van der Waals surface area contributed by atoms with Gasteiger partial charge < -0.3 is 9.64 Å². The van der Waals surface area contributed by atoms with Crippen molar-refractivity contribution in [1.29, 1.82) is 0 Å². The molecule has 0 spiro atoms. The number of hydrogen-bond acceptors (Lipinski definition) is 6. The summed E-state index contributed by atoms with van der Waals surface area (Å²) in [6.07, 6.45) is 3.61. The Bertz CT molecular complexity index is 1280. The molecule has 1 saturated heterocycles. The van der Waals surface area contributed by atoms with Crippen LogP contribution in [0.4, 0.5) is 0 Å². The van der Waals surface area contributed by atoms with Crippen LogP contribution in [0.15, 0.2) is 54.9 Å². The Morgan fingerprint density at radius 1 is 1.09 bits per heavy atom. The van der Waals surface area contributed by atoms with Crippen LogP contribution in [0.3, 0.4) is 0 Å². The van der Waals surface area contributed by atoms with Gasteiger partial charge in [-0.05, 0) is 25.2 Å². The van der Waals surface area contributed by atoms with Crippen molar-refractivity contribution in [2.75, 3.05) is 33.8 Å². The molecule has 3 aromatic heterocycles. The molecular weight excluding hydrogens is 406 g/mol. The second-order valence-electron chi connectivity index (χ2n) is 8.01. The quantitative estimate of drug-likeness (QED) is 0.493. The normalized spacial score (nSPS) is 17.1. The highest BCUT2D eigenvalue weighted by Gasteiger charge is 2.32. The Kier molecular flexibility index (Phi) is 5.10. The van der Waals surface area contributed by atoms with Crippen molar-refractivity contribution in [3.8, 4) is 16.9 Å². The van der Waals surface area contributed by atoms with Crippen LogP contribution in [0.5, 0.6) is 5.75 Å². The van der Waals surface area contributed by atoms with Crippen LogP contribution >= 0.6 is 0 Å².